The average molecular weight is 753 g/mol. The molecule has 3 aliphatic carbocycles. The number of amides is 1. The number of carbonyl (C=O) groups is 1. The number of nitrogens with zero attached hydrogens (tertiary/aromatic N) is 1. The molecule has 2 saturated carbocycles. The number of nitrogens with one attached hydrogen (secondary N) is 1. The van der Waals surface area contributed by atoms with Gasteiger partial charge in [0.15, 0.2) is 0 Å². The van der Waals surface area contributed by atoms with Gasteiger partial charge in [-0.05, 0) is 122 Å². The maximum Gasteiger partial charge on any atom is 0.418 e. The van der Waals surface area contributed by atoms with Crippen LogP contribution in [0, 0.1) is 17.3 Å². The second kappa shape index (κ2) is 16.0. The third-order valence-electron chi connectivity index (χ3n) is 12.8. The van der Waals surface area contributed by atoms with Gasteiger partial charge in [-0.25, -0.2) is 0 Å². The Morgan fingerprint density at radius 3 is 2.29 bits per heavy atom. The highest BCUT2D eigenvalue weighted by atomic mass is 19.4. The van der Waals surface area contributed by atoms with Crippen LogP contribution in [0.4, 0.5) is 18.9 Å². The predicted molar refractivity (Wildman–Crippen MR) is 207 cm³/mol. The van der Waals surface area contributed by atoms with Crippen molar-refractivity contribution in [2.75, 3.05) is 25.0 Å². The summed E-state index contributed by atoms with van der Waals surface area (Å²) in [7, 11) is 0. The third-order valence-corrected chi connectivity index (χ3v) is 12.8. The molecule has 290 valence electrons. The highest BCUT2D eigenvalue weighted by molar-refractivity contribution is 5.91. The van der Waals surface area contributed by atoms with Crippen molar-refractivity contribution >= 4 is 11.6 Å². The van der Waals surface area contributed by atoms with Crippen molar-refractivity contribution in [2.24, 2.45) is 17.3 Å². The molecule has 3 fully saturated rings. The molecule has 0 radical (unpaired) electrons. The van der Waals surface area contributed by atoms with E-state index in [1.165, 1.54) is 17.2 Å². The van der Waals surface area contributed by atoms with Crippen LogP contribution in [-0.4, -0.2) is 42.6 Å². The number of rotatable bonds is 12. The van der Waals surface area contributed by atoms with Gasteiger partial charge in [0.1, 0.15) is 24.2 Å². The predicted octanol–water partition coefficient (Wildman–Crippen LogP) is 10.2. The summed E-state index contributed by atoms with van der Waals surface area (Å²) in [5, 5.41) is 2.56. The summed E-state index contributed by atoms with van der Waals surface area (Å²) in [6.07, 6.45) is 1.75. The zero-order valence-corrected chi connectivity index (χ0v) is 31.5. The highest BCUT2D eigenvalue weighted by Crippen LogP contribution is 2.62. The third kappa shape index (κ3) is 8.29. The summed E-state index contributed by atoms with van der Waals surface area (Å²) >= 11 is 0. The van der Waals surface area contributed by atoms with E-state index < -0.39 is 17.6 Å². The first-order valence-corrected chi connectivity index (χ1v) is 20.0. The van der Waals surface area contributed by atoms with Crippen LogP contribution in [0.15, 0.2) is 97.1 Å². The number of likely N-dealkylation sites (tertiary alicyclic amines) is 1. The van der Waals surface area contributed by atoms with Crippen molar-refractivity contribution in [1.29, 1.82) is 0 Å². The van der Waals surface area contributed by atoms with Crippen molar-refractivity contribution in [3.63, 3.8) is 0 Å². The van der Waals surface area contributed by atoms with Crippen molar-refractivity contribution in [3.8, 4) is 11.5 Å². The Morgan fingerprint density at radius 2 is 1.56 bits per heavy atom. The molecule has 8 rings (SSSR count). The summed E-state index contributed by atoms with van der Waals surface area (Å²) in [6.45, 7) is 5.68. The van der Waals surface area contributed by atoms with Gasteiger partial charge in [-0.3, -0.25) is 4.79 Å². The summed E-state index contributed by atoms with van der Waals surface area (Å²) in [5.41, 5.74) is 3.27. The number of anilines is 1. The number of halogens is 3. The molecule has 6 atom stereocenters. The molecule has 1 aliphatic heterocycles. The van der Waals surface area contributed by atoms with E-state index in [0.717, 1.165) is 74.6 Å². The second-order valence-electron chi connectivity index (χ2n) is 16.3. The van der Waals surface area contributed by atoms with Gasteiger partial charge in [-0.15, -0.1) is 0 Å². The molecule has 55 heavy (non-hydrogen) atoms. The monoisotopic (exact) mass is 752 g/mol. The molecule has 6 nitrogen and oxygen atoms in total. The van der Waals surface area contributed by atoms with Crippen LogP contribution < -0.4 is 14.8 Å². The first-order valence-electron chi connectivity index (χ1n) is 20.0. The summed E-state index contributed by atoms with van der Waals surface area (Å²) in [4.78, 5) is 15.0. The van der Waals surface area contributed by atoms with Crippen molar-refractivity contribution in [1.82, 2.24) is 4.90 Å². The van der Waals surface area contributed by atoms with E-state index in [1.54, 1.807) is 6.07 Å². The molecular weight excluding hydrogens is 702 g/mol. The lowest BCUT2D eigenvalue weighted by Gasteiger charge is -2.53. The number of fused-ring (bicyclic) bond motifs is 5. The number of aryl methyl sites for hydroxylation is 1. The van der Waals surface area contributed by atoms with Crippen molar-refractivity contribution in [3.05, 3.63) is 125 Å². The van der Waals surface area contributed by atoms with Crippen LogP contribution in [-0.2, 0) is 35.3 Å². The van der Waals surface area contributed by atoms with E-state index in [9.17, 15) is 18.0 Å². The Balaban J connectivity index is 1.07. The highest BCUT2D eigenvalue weighted by Gasteiger charge is 2.59. The maximum absolute atomic E-state index is 14.6. The first-order chi connectivity index (χ1) is 26.6. The number of hydrogen-bond acceptors (Lipinski definition) is 5. The van der Waals surface area contributed by atoms with Gasteiger partial charge in [0, 0.05) is 24.3 Å². The number of benzene rings is 4. The molecular formula is C46H51F3N2O4. The molecule has 1 heterocycles. The summed E-state index contributed by atoms with van der Waals surface area (Å²) < 4.78 is 63.6. The van der Waals surface area contributed by atoms with E-state index in [0.29, 0.717) is 32.1 Å². The molecule has 1 N–H and O–H groups in total. The Kier molecular flexibility index (Phi) is 10.9. The van der Waals surface area contributed by atoms with Gasteiger partial charge < -0.3 is 24.4 Å². The molecule has 9 heteroatoms. The quantitative estimate of drug-likeness (QED) is 0.156. The minimum atomic E-state index is -4.68. The fourth-order valence-electron chi connectivity index (χ4n) is 10.1. The van der Waals surface area contributed by atoms with E-state index >= 15 is 0 Å². The minimum Gasteiger partial charge on any atom is -0.490 e. The van der Waals surface area contributed by atoms with E-state index in [-0.39, 0.29) is 47.3 Å². The zero-order chi connectivity index (χ0) is 38.0. The average Bonchev–Trinajstić information content (AvgIpc) is 3.83. The Hall–Kier alpha value is -4.34. The lowest BCUT2D eigenvalue weighted by atomic mass is 9.54. The molecule has 1 amide bonds. The lowest BCUT2D eigenvalue weighted by molar-refractivity contribution is -0.137. The number of ether oxygens (including phenoxy) is 3. The largest absolute Gasteiger partial charge is 0.490 e. The van der Waals surface area contributed by atoms with E-state index in [2.05, 4.69) is 41.4 Å². The van der Waals surface area contributed by atoms with Crippen LogP contribution in [0.25, 0.3) is 0 Å². The Morgan fingerprint density at radius 1 is 0.855 bits per heavy atom. The number of hydrogen-bond donors (Lipinski definition) is 1. The normalized spacial score (nSPS) is 26.1. The molecule has 1 saturated heterocycles. The minimum absolute atomic E-state index is 0.00262. The van der Waals surface area contributed by atoms with Gasteiger partial charge in [-0.2, -0.15) is 13.2 Å². The molecule has 0 unspecified atom stereocenters. The molecule has 4 aromatic carbocycles. The van der Waals surface area contributed by atoms with Gasteiger partial charge in [0.2, 0.25) is 5.91 Å². The second-order valence-corrected chi connectivity index (χ2v) is 16.3. The fraction of sp³-hybridized carbons (Fsp3) is 0.457. The molecule has 4 aliphatic rings. The van der Waals surface area contributed by atoms with Crippen molar-refractivity contribution in [2.45, 2.75) is 95.8 Å². The Labute approximate surface area is 322 Å². The van der Waals surface area contributed by atoms with Crippen LogP contribution in [0.5, 0.6) is 11.5 Å². The van der Waals surface area contributed by atoms with Gasteiger partial charge in [0.05, 0.1) is 24.0 Å². The van der Waals surface area contributed by atoms with Crippen LogP contribution in [0.1, 0.15) is 85.6 Å². The standard InChI is InChI=1S/C46H51F3N2O4/c1-45-28-41(55-35-16-20-40(39(27-35)46(47,48)49)50-43(52)22-25-51-23-8-9-24-51)44-36-18-15-34(53-29-31-10-4-2-5-11-31)26-33(36)14-17-37(44)38(45)19-21-42(45)54-30-32-12-6-3-7-13-32/h2-7,10-13,15-16,18,20,26-27,37-38,41-42,44H,8-9,14,17,19,21-25,28-30H2,1H3,(H,50,52)/t37-,38-,41-,42-,44+,45-/m0/s1. The van der Waals surface area contributed by atoms with E-state index in [4.69, 9.17) is 14.2 Å². The Bertz CT molecular complexity index is 1930. The summed E-state index contributed by atoms with van der Waals surface area (Å²) in [6, 6.07) is 30.6. The van der Waals surface area contributed by atoms with E-state index in [1.807, 2.05) is 54.6 Å². The zero-order valence-electron chi connectivity index (χ0n) is 31.5. The maximum atomic E-state index is 14.6. The van der Waals surface area contributed by atoms with Crippen molar-refractivity contribution < 1.29 is 32.2 Å². The van der Waals surface area contributed by atoms with Crippen LogP contribution >= 0.6 is 0 Å². The molecule has 0 aromatic heterocycles. The number of carbonyl (C=O) groups excluding carboxylic acids is 1. The summed E-state index contributed by atoms with van der Waals surface area (Å²) in [5.74, 6) is 1.22. The van der Waals surface area contributed by atoms with Gasteiger partial charge in [0.25, 0.3) is 0 Å². The molecule has 4 aromatic rings. The fourth-order valence-corrected chi connectivity index (χ4v) is 10.1. The number of alkyl halides is 3. The topological polar surface area (TPSA) is 60.0 Å². The van der Waals surface area contributed by atoms with Crippen LogP contribution in [0.3, 0.4) is 0 Å². The molecule has 0 spiro atoms. The smallest absolute Gasteiger partial charge is 0.418 e. The SMILES string of the molecule is C[C@]12C[C@H](Oc3ccc(NC(=O)CCN4CCCC4)c(C(F)(F)F)c3)[C@@H]3c4ccc(OCc5ccccc5)cc4CC[C@H]3[C@@H]1CC[C@@H]2OCc1ccccc1. The van der Waals surface area contributed by atoms with Gasteiger partial charge in [-0.1, -0.05) is 73.7 Å². The molecule has 0 bridgehead atoms. The lowest BCUT2D eigenvalue weighted by Crippen LogP contribution is -2.52. The van der Waals surface area contributed by atoms with Gasteiger partial charge >= 0.3 is 6.18 Å². The first kappa shape index (κ1) is 37.6. The van der Waals surface area contributed by atoms with Crippen LogP contribution in [0.2, 0.25) is 0 Å².